The van der Waals surface area contributed by atoms with Gasteiger partial charge in [-0.3, -0.25) is 4.79 Å². The zero-order chi connectivity index (χ0) is 15.3. The predicted octanol–water partition coefficient (Wildman–Crippen LogP) is 0.0340. The zero-order valence-electron chi connectivity index (χ0n) is 11.7. The van der Waals surface area contributed by atoms with Gasteiger partial charge < -0.3 is 15.8 Å². The van der Waals surface area contributed by atoms with E-state index >= 15 is 0 Å². The second kappa shape index (κ2) is 6.58. The number of nitrogens with zero attached hydrogens (tertiary/aromatic N) is 1. The topological polar surface area (TPSA) is 102 Å². The van der Waals surface area contributed by atoms with Crippen molar-refractivity contribution in [3.63, 3.8) is 0 Å². The van der Waals surface area contributed by atoms with Gasteiger partial charge in [-0.25, -0.2) is 8.42 Å². The summed E-state index contributed by atoms with van der Waals surface area (Å²) < 4.78 is 30.8. The van der Waals surface area contributed by atoms with Crippen LogP contribution < -0.4 is 15.8 Å². The van der Waals surface area contributed by atoms with Crippen LogP contribution in [0.5, 0.6) is 5.75 Å². The van der Waals surface area contributed by atoms with Crippen molar-refractivity contribution in [3.8, 4) is 5.75 Å². The van der Waals surface area contributed by atoms with Gasteiger partial charge in [0.1, 0.15) is 10.6 Å². The fourth-order valence-corrected chi connectivity index (χ4v) is 2.92. The van der Waals surface area contributed by atoms with Gasteiger partial charge in [-0.2, -0.15) is 4.31 Å². The van der Waals surface area contributed by atoms with Crippen molar-refractivity contribution in [2.24, 2.45) is 0 Å². The van der Waals surface area contributed by atoms with E-state index in [9.17, 15) is 13.2 Å². The summed E-state index contributed by atoms with van der Waals surface area (Å²) in [5, 5.41) is 2.54. The van der Waals surface area contributed by atoms with Crippen LogP contribution in [0.15, 0.2) is 23.1 Å². The van der Waals surface area contributed by atoms with E-state index in [-0.39, 0.29) is 23.1 Å². The first-order valence-electron chi connectivity index (χ1n) is 5.99. The summed E-state index contributed by atoms with van der Waals surface area (Å²) in [6, 6.07) is 4.33. The molecule has 0 aliphatic carbocycles. The Hall–Kier alpha value is -1.80. The molecule has 0 fully saturated rings. The molecule has 0 heterocycles. The summed E-state index contributed by atoms with van der Waals surface area (Å²) in [6.07, 6.45) is 0. The van der Waals surface area contributed by atoms with Crippen LogP contribution in [-0.2, 0) is 14.8 Å². The first-order chi connectivity index (χ1) is 9.32. The van der Waals surface area contributed by atoms with Crippen molar-refractivity contribution in [2.75, 3.05) is 33.0 Å². The Labute approximate surface area is 118 Å². The standard InChI is InChI=1S/C12H19N3O4S/c1-4-14-12(16)8-15(2)20(17,18)11-7-9(13)5-6-10(11)19-3/h5-7H,4,8,13H2,1-3H3,(H,14,16). The van der Waals surface area contributed by atoms with Gasteiger partial charge in [0, 0.05) is 19.3 Å². The molecule has 20 heavy (non-hydrogen) atoms. The number of nitrogen functional groups attached to an aromatic ring is 1. The number of methoxy groups -OCH3 is 1. The van der Waals surface area contributed by atoms with Crippen molar-refractivity contribution in [1.29, 1.82) is 0 Å². The molecule has 112 valence electrons. The minimum atomic E-state index is -3.85. The largest absolute Gasteiger partial charge is 0.495 e. The minimum absolute atomic E-state index is 0.0631. The number of carbonyl (C=O) groups is 1. The van der Waals surface area contributed by atoms with E-state index in [1.165, 1.54) is 26.3 Å². The zero-order valence-corrected chi connectivity index (χ0v) is 12.5. The number of anilines is 1. The fourth-order valence-electron chi connectivity index (χ4n) is 1.60. The molecule has 1 rings (SSSR count). The quantitative estimate of drug-likeness (QED) is 0.722. The average Bonchev–Trinajstić information content (AvgIpc) is 2.38. The lowest BCUT2D eigenvalue weighted by Crippen LogP contribution is -2.38. The molecule has 0 bridgehead atoms. The van der Waals surface area contributed by atoms with Crippen LogP contribution in [0.4, 0.5) is 5.69 Å². The average molecular weight is 301 g/mol. The van der Waals surface area contributed by atoms with E-state index in [0.29, 0.717) is 12.2 Å². The Balaban J connectivity index is 3.10. The fraction of sp³-hybridized carbons (Fsp3) is 0.417. The highest BCUT2D eigenvalue weighted by Gasteiger charge is 2.26. The number of benzene rings is 1. The number of hydrogen-bond donors (Lipinski definition) is 2. The normalized spacial score (nSPS) is 11.4. The molecule has 0 spiro atoms. The van der Waals surface area contributed by atoms with E-state index in [1.54, 1.807) is 13.0 Å². The summed E-state index contributed by atoms with van der Waals surface area (Å²) in [7, 11) is -1.15. The summed E-state index contributed by atoms with van der Waals surface area (Å²) in [5.41, 5.74) is 5.91. The molecule has 0 saturated carbocycles. The number of ether oxygens (including phenoxy) is 1. The number of amides is 1. The molecule has 0 aliphatic rings. The van der Waals surface area contributed by atoms with Crippen molar-refractivity contribution < 1.29 is 17.9 Å². The smallest absolute Gasteiger partial charge is 0.247 e. The van der Waals surface area contributed by atoms with E-state index in [4.69, 9.17) is 10.5 Å². The molecule has 0 aromatic heterocycles. The molecular formula is C12H19N3O4S. The van der Waals surface area contributed by atoms with Gasteiger partial charge in [0.15, 0.2) is 0 Å². The van der Waals surface area contributed by atoms with Crippen LogP contribution in [0.3, 0.4) is 0 Å². The lowest BCUT2D eigenvalue weighted by Gasteiger charge is -2.18. The highest BCUT2D eigenvalue weighted by molar-refractivity contribution is 7.89. The number of nitrogens with one attached hydrogen (secondary N) is 1. The van der Waals surface area contributed by atoms with E-state index < -0.39 is 10.0 Å². The molecule has 0 aliphatic heterocycles. The first-order valence-corrected chi connectivity index (χ1v) is 7.43. The van der Waals surface area contributed by atoms with Gasteiger partial charge >= 0.3 is 0 Å². The molecule has 0 radical (unpaired) electrons. The summed E-state index contributed by atoms with van der Waals surface area (Å²) in [6.45, 7) is 1.93. The Kier molecular flexibility index (Phi) is 5.34. The highest BCUT2D eigenvalue weighted by Crippen LogP contribution is 2.27. The van der Waals surface area contributed by atoms with Gasteiger partial charge in [-0.1, -0.05) is 0 Å². The Morgan fingerprint density at radius 2 is 2.10 bits per heavy atom. The van der Waals surface area contributed by atoms with Crippen molar-refractivity contribution in [1.82, 2.24) is 9.62 Å². The lowest BCUT2D eigenvalue weighted by atomic mass is 10.3. The van der Waals surface area contributed by atoms with Gasteiger partial charge in [-0.05, 0) is 25.1 Å². The maximum atomic E-state index is 12.4. The molecule has 1 aromatic carbocycles. The summed E-state index contributed by atoms with van der Waals surface area (Å²) in [5.74, 6) is -0.191. The van der Waals surface area contributed by atoms with E-state index in [1.807, 2.05) is 0 Å². The van der Waals surface area contributed by atoms with E-state index in [0.717, 1.165) is 4.31 Å². The van der Waals surface area contributed by atoms with Crippen molar-refractivity contribution in [2.45, 2.75) is 11.8 Å². The number of hydrogen-bond acceptors (Lipinski definition) is 5. The second-order valence-corrected chi connectivity index (χ2v) is 6.14. The van der Waals surface area contributed by atoms with Gasteiger partial charge in [0.25, 0.3) is 0 Å². The molecule has 7 nitrogen and oxygen atoms in total. The molecule has 0 unspecified atom stereocenters. The van der Waals surface area contributed by atoms with Gasteiger partial charge in [0.05, 0.1) is 13.7 Å². The Morgan fingerprint density at radius 1 is 1.45 bits per heavy atom. The molecule has 0 saturated heterocycles. The first kappa shape index (κ1) is 16.3. The number of sulfonamides is 1. The van der Waals surface area contributed by atoms with Crippen LogP contribution in [0.2, 0.25) is 0 Å². The number of rotatable bonds is 6. The third-order valence-corrected chi connectivity index (χ3v) is 4.44. The predicted molar refractivity (Wildman–Crippen MR) is 75.9 cm³/mol. The minimum Gasteiger partial charge on any atom is -0.495 e. The lowest BCUT2D eigenvalue weighted by molar-refractivity contribution is -0.121. The second-order valence-electron chi connectivity index (χ2n) is 4.12. The molecule has 3 N–H and O–H groups in total. The van der Waals surface area contributed by atoms with Crippen LogP contribution in [0.25, 0.3) is 0 Å². The molecule has 0 atom stereocenters. The molecule has 8 heteroatoms. The van der Waals surface area contributed by atoms with Gasteiger partial charge in [0.2, 0.25) is 15.9 Å². The van der Waals surface area contributed by atoms with Crippen LogP contribution in [0.1, 0.15) is 6.92 Å². The Morgan fingerprint density at radius 3 is 2.65 bits per heavy atom. The molecular weight excluding hydrogens is 282 g/mol. The molecule has 1 amide bonds. The van der Waals surface area contributed by atoms with Crippen LogP contribution in [-0.4, -0.2) is 45.9 Å². The SMILES string of the molecule is CCNC(=O)CN(C)S(=O)(=O)c1cc(N)ccc1OC. The maximum absolute atomic E-state index is 12.4. The highest BCUT2D eigenvalue weighted by atomic mass is 32.2. The van der Waals surface area contributed by atoms with Crippen LogP contribution >= 0.6 is 0 Å². The number of carbonyl (C=O) groups excluding carboxylic acids is 1. The monoisotopic (exact) mass is 301 g/mol. The van der Waals surface area contributed by atoms with Crippen molar-refractivity contribution in [3.05, 3.63) is 18.2 Å². The van der Waals surface area contributed by atoms with Crippen LogP contribution in [0, 0.1) is 0 Å². The third kappa shape index (κ3) is 3.61. The summed E-state index contributed by atoms with van der Waals surface area (Å²) >= 11 is 0. The Bertz CT molecular complexity index is 586. The maximum Gasteiger partial charge on any atom is 0.247 e. The van der Waals surface area contributed by atoms with Crippen molar-refractivity contribution >= 4 is 21.6 Å². The third-order valence-electron chi connectivity index (χ3n) is 2.62. The number of nitrogens with two attached hydrogens (primary N) is 1. The number of likely N-dealkylation sites (N-methyl/N-ethyl adjacent to an activating group) is 2. The van der Waals surface area contributed by atoms with E-state index in [2.05, 4.69) is 5.32 Å². The molecule has 1 aromatic rings. The van der Waals surface area contributed by atoms with Gasteiger partial charge in [-0.15, -0.1) is 0 Å². The summed E-state index contributed by atoms with van der Waals surface area (Å²) in [4.78, 5) is 11.4.